The van der Waals surface area contributed by atoms with Crippen molar-refractivity contribution in [1.29, 1.82) is 5.41 Å². The first-order valence-corrected chi connectivity index (χ1v) is 13.4. The molecule has 0 saturated heterocycles. The van der Waals surface area contributed by atoms with E-state index in [9.17, 15) is 26.8 Å². The third kappa shape index (κ3) is 7.52. The maximum absolute atomic E-state index is 14.9. The summed E-state index contributed by atoms with van der Waals surface area (Å²) in [5.74, 6) is -3.63. The fraction of sp³-hybridized carbons (Fsp3) is 0.160. The van der Waals surface area contributed by atoms with Gasteiger partial charge in [-0.15, -0.1) is 0 Å². The first kappa shape index (κ1) is 30.5. The molecule has 3 atom stereocenters. The molecule has 0 bridgehead atoms. The Morgan fingerprint density at radius 2 is 1.46 bits per heavy atom. The standard InChI is InChI=1S/C25H18Cl3F2NO7S/c26-16-11-17(27)23(21(30)20(16)28)39(34,35)38-19(13-36-24(32)14-7-3-1-4-8-14)22(18(29)12-31)37-25(33)15-9-5-2-6-10-15/h1-12,18-19,22,31H,13H2/t18-,19-,22+/m1/s1. The summed E-state index contributed by atoms with van der Waals surface area (Å²) in [6, 6.07) is 15.6. The molecule has 3 rings (SSSR count). The van der Waals surface area contributed by atoms with Gasteiger partial charge >= 0.3 is 22.1 Å². The molecule has 0 amide bonds. The molecule has 0 saturated carbocycles. The van der Waals surface area contributed by atoms with Crippen molar-refractivity contribution in [3.05, 3.63) is 98.7 Å². The number of carbonyl (C=O) groups is 2. The Bertz CT molecular complexity index is 1460. The van der Waals surface area contributed by atoms with Gasteiger partial charge in [-0.25, -0.2) is 18.4 Å². The number of esters is 2. The van der Waals surface area contributed by atoms with Crippen LogP contribution in [0.25, 0.3) is 0 Å². The zero-order valence-corrected chi connectivity index (χ0v) is 22.6. The first-order valence-electron chi connectivity index (χ1n) is 10.9. The number of carbonyl (C=O) groups excluding carboxylic acids is 2. The van der Waals surface area contributed by atoms with E-state index in [0.29, 0.717) is 0 Å². The van der Waals surface area contributed by atoms with Crippen LogP contribution in [0.5, 0.6) is 0 Å². The molecule has 0 aromatic heterocycles. The molecule has 0 heterocycles. The Balaban J connectivity index is 2.01. The quantitative estimate of drug-likeness (QED) is 0.0928. The lowest BCUT2D eigenvalue weighted by molar-refractivity contribution is -0.0476. The molecular weight excluding hydrogens is 603 g/mol. The van der Waals surface area contributed by atoms with Crippen molar-refractivity contribution in [3.8, 4) is 0 Å². The number of hydrogen-bond acceptors (Lipinski definition) is 8. The predicted molar refractivity (Wildman–Crippen MR) is 140 cm³/mol. The minimum atomic E-state index is -5.23. The second-order valence-electron chi connectivity index (χ2n) is 7.70. The lowest BCUT2D eigenvalue weighted by atomic mass is 10.1. The minimum absolute atomic E-state index is 0.0406. The number of rotatable bonds is 11. The Kier molecular flexibility index (Phi) is 10.4. The van der Waals surface area contributed by atoms with Crippen molar-refractivity contribution in [3.63, 3.8) is 0 Å². The molecule has 0 unspecified atom stereocenters. The molecule has 0 aliphatic carbocycles. The van der Waals surface area contributed by atoms with Crippen molar-refractivity contribution in [2.24, 2.45) is 0 Å². The topological polar surface area (TPSA) is 120 Å². The highest BCUT2D eigenvalue weighted by molar-refractivity contribution is 7.87. The van der Waals surface area contributed by atoms with Crippen molar-refractivity contribution < 1.29 is 40.4 Å². The van der Waals surface area contributed by atoms with Gasteiger partial charge in [0.2, 0.25) is 0 Å². The Morgan fingerprint density at radius 1 is 0.923 bits per heavy atom. The predicted octanol–water partition coefficient (Wildman–Crippen LogP) is 5.93. The van der Waals surface area contributed by atoms with Crippen molar-refractivity contribution in [2.45, 2.75) is 23.3 Å². The molecule has 206 valence electrons. The van der Waals surface area contributed by atoms with Crippen LogP contribution in [0.4, 0.5) is 8.78 Å². The maximum Gasteiger partial charge on any atom is 0.338 e. The number of nitrogens with one attached hydrogen (secondary N) is 1. The van der Waals surface area contributed by atoms with Crippen molar-refractivity contribution in [2.75, 3.05) is 6.61 Å². The van der Waals surface area contributed by atoms with Gasteiger partial charge < -0.3 is 14.9 Å². The van der Waals surface area contributed by atoms with E-state index < -0.39 is 72.8 Å². The summed E-state index contributed by atoms with van der Waals surface area (Å²) in [5, 5.41) is 5.43. The summed E-state index contributed by atoms with van der Waals surface area (Å²) >= 11 is 17.4. The van der Waals surface area contributed by atoms with Crippen molar-refractivity contribution in [1.82, 2.24) is 0 Å². The maximum atomic E-state index is 14.9. The second kappa shape index (κ2) is 13.3. The number of alkyl halides is 1. The van der Waals surface area contributed by atoms with E-state index in [2.05, 4.69) is 0 Å². The molecular formula is C25H18Cl3F2NO7S. The summed E-state index contributed by atoms with van der Waals surface area (Å²) in [6.07, 6.45) is -6.49. The number of ether oxygens (including phenoxy) is 2. The number of benzene rings is 3. The van der Waals surface area contributed by atoms with E-state index in [1.165, 1.54) is 48.5 Å². The van der Waals surface area contributed by atoms with Gasteiger partial charge in [0, 0.05) is 6.21 Å². The van der Waals surface area contributed by atoms with Gasteiger partial charge in [-0.05, 0) is 30.3 Å². The molecule has 39 heavy (non-hydrogen) atoms. The number of hydrogen-bond donors (Lipinski definition) is 1. The monoisotopic (exact) mass is 619 g/mol. The summed E-state index contributed by atoms with van der Waals surface area (Å²) in [4.78, 5) is 23.9. The highest BCUT2D eigenvalue weighted by atomic mass is 35.5. The summed E-state index contributed by atoms with van der Waals surface area (Å²) in [6.45, 7) is -1.01. The zero-order chi connectivity index (χ0) is 28.7. The summed E-state index contributed by atoms with van der Waals surface area (Å²) in [5.41, 5.74) is 0.0144. The fourth-order valence-corrected chi connectivity index (χ4v) is 5.32. The Hall–Kier alpha value is -3.09. The molecule has 1 N–H and O–H groups in total. The minimum Gasteiger partial charge on any atom is -0.459 e. The summed E-state index contributed by atoms with van der Waals surface area (Å²) in [7, 11) is -5.23. The Labute approximate surface area is 237 Å². The van der Waals surface area contributed by atoms with E-state index in [4.69, 9.17) is 53.9 Å². The normalized spacial score (nSPS) is 13.7. The fourth-order valence-electron chi connectivity index (χ4n) is 3.19. The van der Waals surface area contributed by atoms with Crippen LogP contribution in [0.3, 0.4) is 0 Å². The molecule has 14 heteroatoms. The largest absolute Gasteiger partial charge is 0.459 e. The van der Waals surface area contributed by atoms with Crippen LogP contribution in [-0.2, 0) is 23.8 Å². The van der Waals surface area contributed by atoms with E-state index >= 15 is 0 Å². The first-order chi connectivity index (χ1) is 18.5. The number of halogens is 5. The van der Waals surface area contributed by atoms with Crippen LogP contribution in [0, 0.1) is 11.2 Å². The molecule has 8 nitrogen and oxygen atoms in total. The highest BCUT2D eigenvalue weighted by Gasteiger charge is 2.40. The Morgan fingerprint density at radius 3 is 2.00 bits per heavy atom. The lowest BCUT2D eigenvalue weighted by Gasteiger charge is -2.27. The highest BCUT2D eigenvalue weighted by Crippen LogP contribution is 2.37. The van der Waals surface area contributed by atoms with Gasteiger partial charge in [-0.1, -0.05) is 71.2 Å². The van der Waals surface area contributed by atoms with Crippen LogP contribution in [0.1, 0.15) is 20.7 Å². The van der Waals surface area contributed by atoms with Gasteiger partial charge in [0.1, 0.15) is 11.5 Å². The van der Waals surface area contributed by atoms with Gasteiger partial charge in [0.15, 0.2) is 24.2 Å². The van der Waals surface area contributed by atoms with Crippen molar-refractivity contribution >= 4 is 63.1 Å². The molecule has 3 aromatic rings. The summed E-state index contributed by atoms with van der Waals surface area (Å²) < 4.78 is 71.3. The molecule has 0 aliphatic heterocycles. The average Bonchev–Trinajstić information content (AvgIpc) is 2.92. The van der Waals surface area contributed by atoms with E-state index in [0.717, 1.165) is 6.07 Å². The van der Waals surface area contributed by atoms with E-state index in [1.54, 1.807) is 12.1 Å². The van der Waals surface area contributed by atoms with Crippen LogP contribution in [0.15, 0.2) is 71.6 Å². The van der Waals surface area contributed by atoms with Crippen LogP contribution < -0.4 is 0 Å². The van der Waals surface area contributed by atoms with Crippen LogP contribution >= 0.6 is 34.8 Å². The third-order valence-electron chi connectivity index (χ3n) is 5.05. The molecule has 0 aliphatic rings. The smallest absolute Gasteiger partial charge is 0.338 e. The lowest BCUT2D eigenvalue weighted by Crippen LogP contribution is -2.45. The zero-order valence-electron chi connectivity index (χ0n) is 19.5. The van der Waals surface area contributed by atoms with Crippen LogP contribution in [-0.4, -0.2) is 51.6 Å². The molecule has 0 radical (unpaired) electrons. The molecule has 0 fully saturated rings. The van der Waals surface area contributed by atoms with Gasteiger partial charge in [0.05, 0.1) is 26.2 Å². The van der Waals surface area contributed by atoms with Gasteiger partial charge in [0.25, 0.3) is 0 Å². The SMILES string of the molecule is N=C[C@@H](F)[C@H](OC(=O)c1ccccc1)[C@@H](COC(=O)c1ccccc1)OS(=O)(=O)c1c(Cl)cc(Cl)c(Cl)c1F. The van der Waals surface area contributed by atoms with Gasteiger partial charge in [-0.3, -0.25) is 4.18 Å². The average molecular weight is 621 g/mol. The van der Waals surface area contributed by atoms with Gasteiger partial charge in [-0.2, -0.15) is 8.42 Å². The molecule has 0 spiro atoms. The van der Waals surface area contributed by atoms with Crippen LogP contribution in [0.2, 0.25) is 15.1 Å². The third-order valence-corrected chi connectivity index (χ3v) is 7.63. The molecule has 3 aromatic carbocycles. The van der Waals surface area contributed by atoms with E-state index in [1.807, 2.05) is 0 Å². The van der Waals surface area contributed by atoms with E-state index in [-0.39, 0.29) is 17.3 Å². The second-order valence-corrected chi connectivity index (χ2v) is 10.4.